The van der Waals surface area contributed by atoms with Crippen molar-refractivity contribution in [3.8, 4) is 11.5 Å². The van der Waals surface area contributed by atoms with Crippen molar-refractivity contribution >= 4 is 27.7 Å². The van der Waals surface area contributed by atoms with Crippen LogP contribution in [0.2, 0.25) is 0 Å². The van der Waals surface area contributed by atoms with Crippen molar-refractivity contribution < 1.29 is 22.7 Å². The molecule has 2 aromatic rings. The van der Waals surface area contributed by atoms with Crippen LogP contribution in [0.5, 0.6) is 11.5 Å². The number of carbonyl (C=O) groups excluding carboxylic acids is 1. The van der Waals surface area contributed by atoms with Gasteiger partial charge in [0.2, 0.25) is 10.0 Å². The normalized spacial score (nSPS) is 15.1. The fraction of sp³-hybridized carbons (Fsp3) is 0.381. The molecule has 7 nitrogen and oxygen atoms in total. The van der Waals surface area contributed by atoms with Crippen molar-refractivity contribution in [1.29, 1.82) is 0 Å². The Morgan fingerprint density at radius 2 is 1.70 bits per heavy atom. The standard InChI is InChI=1S/C21H26N2O5S2/c1-27-19-8-7-18(14-20(19)28-2)30(25,26)23-11-9-22(10-12-23)21(24)17-6-4-5-16(13-17)15-29-3/h4-8,13-14H,9-12,15H2,1-3H3. The molecule has 1 aliphatic rings. The quantitative estimate of drug-likeness (QED) is 0.646. The number of thioether (sulfide) groups is 1. The van der Waals surface area contributed by atoms with Crippen molar-refractivity contribution in [3.63, 3.8) is 0 Å². The summed E-state index contributed by atoms with van der Waals surface area (Å²) < 4.78 is 37.9. The smallest absolute Gasteiger partial charge is 0.253 e. The second-order valence-electron chi connectivity index (χ2n) is 6.85. The van der Waals surface area contributed by atoms with Crippen molar-refractivity contribution in [2.24, 2.45) is 0 Å². The minimum absolute atomic E-state index is 0.0684. The number of rotatable bonds is 7. The van der Waals surface area contributed by atoms with E-state index in [2.05, 4.69) is 0 Å². The van der Waals surface area contributed by atoms with E-state index in [1.807, 2.05) is 24.5 Å². The third-order valence-corrected chi connectivity index (χ3v) is 7.52. The lowest BCUT2D eigenvalue weighted by atomic mass is 10.1. The van der Waals surface area contributed by atoms with Crippen LogP contribution < -0.4 is 9.47 Å². The molecule has 1 fully saturated rings. The molecule has 0 atom stereocenters. The second-order valence-corrected chi connectivity index (χ2v) is 9.65. The zero-order valence-electron chi connectivity index (χ0n) is 17.3. The topological polar surface area (TPSA) is 76.2 Å². The lowest BCUT2D eigenvalue weighted by Crippen LogP contribution is -2.50. The number of hydrogen-bond donors (Lipinski definition) is 0. The first kappa shape index (κ1) is 22.5. The molecule has 0 aromatic heterocycles. The Kier molecular flexibility index (Phi) is 7.27. The van der Waals surface area contributed by atoms with Crippen LogP contribution in [-0.4, -0.2) is 70.2 Å². The van der Waals surface area contributed by atoms with E-state index in [1.165, 1.54) is 30.7 Å². The largest absolute Gasteiger partial charge is 0.493 e. The van der Waals surface area contributed by atoms with Crippen LogP contribution in [0.3, 0.4) is 0 Å². The summed E-state index contributed by atoms with van der Waals surface area (Å²) in [4.78, 5) is 14.7. The monoisotopic (exact) mass is 450 g/mol. The van der Waals surface area contributed by atoms with Crippen LogP contribution in [0.1, 0.15) is 15.9 Å². The van der Waals surface area contributed by atoms with Gasteiger partial charge in [0.1, 0.15) is 0 Å². The molecule has 1 amide bonds. The number of piperazine rings is 1. The molecule has 0 unspecified atom stereocenters. The highest BCUT2D eigenvalue weighted by molar-refractivity contribution is 7.97. The molecule has 0 bridgehead atoms. The molecule has 0 spiro atoms. The van der Waals surface area contributed by atoms with Crippen molar-refractivity contribution in [2.75, 3.05) is 46.7 Å². The summed E-state index contributed by atoms with van der Waals surface area (Å²) in [6.45, 7) is 1.18. The molecular weight excluding hydrogens is 424 g/mol. The molecule has 0 N–H and O–H groups in total. The van der Waals surface area contributed by atoms with Gasteiger partial charge >= 0.3 is 0 Å². The summed E-state index contributed by atoms with van der Waals surface area (Å²) in [5.41, 5.74) is 1.74. The molecule has 2 aromatic carbocycles. The third-order valence-electron chi connectivity index (χ3n) is 5.00. The first-order valence-corrected chi connectivity index (χ1v) is 12.3. The van der Waals surface area contributed by atoms with E-state index < -0.39 is 10.0 Å². The van der Waals surface area contributed by atoms with Crippen LogP contribution in [0.25, 0.3) is 0 Å². The maximum Gasteiger partial charge on any atom is 0.253 e. The number of carbonyl (C=O) groups is 1. The van der Waals surface area contributed by atoms with Crippen LogP contribution in [0.4, 0.5) is 0 Å². The van der Waals surface area contributed by atoms with E-state index in [0.29, 0.717) is 30.2 Å². The van der Waals surface area contributed by atoms with Gasteiger partial charge in [0.15, 0.2) is 11.5 Å². The van der Waals surface area contributed by atoms with Gasteiger partial charge in [0.25, 0.3) is 5.91 Å². The lowest BCUT2D eigenvalue weighted by molar-refractivity contribution is 0.0698. The molecule has 1 saturated heterocycles. The average Bonchev–Trinajstić information content (AvgIpc) is 2.78. The van der Waals surface area contributed by atoms with Crippen LogP contribution in [0.15, 0.2) is 47.4 Å². The molecule has 1 aliphatic heterocycles. The molecule has 9 heteroatoms. The molecule has 162 valence electrons. The molecule has 0 aliphatic carbocycles. The summed E-state index contributed by atoms with van der Waals surface area (Å²) in [6, 6.07) is 12.1. The Hall–Kier alpha value is -2.23. The van der Waals surface area contributed by atoms with Gasteiger partial charge < -0.3 is 14.4 Å². The molecule has 0 radical (unpaired) electrons. The van der Waals surface area contributed by atoms with E-state index in [9.17, 15) is 13.2 Å². The van der Waals surface area contributed by atoms with Crippen LogP contribution >= 0.6 is 11.8 Å². The molecule has 1 heterocycles. The van der Waals surface area contributed by atoms with Gasteiger partial charge in [-0.05, 0) is 36.1 Å². The summed E-state index contributed by atoms with van der Waals surface area (Å²) >= 11 is 1.70. The highest BCUT2D eigenvalue weighted by atomic mass is 32.2. The minimum Gasteiger partial charge on any atom is -0.493 e. The Morgan fingerprint density at radius 1 is 1.00 bits per heavy atom. The van der Waals surface area contributed by atoms with E-state index in [0.717, 1.165) is 11.3 Å². The highest BCUT2D eigenvalue weighted by Gasteiger charge is 2.31. The van der Waals surface area contributed by atoms with Gasteiger partial charge in [-0.25, -0.2) is 8.42 Å². The maximum absolute atomic E-state index is 13.0. The predicted molar refractivity (Wildman–Crippen MR) is 118 cm³/mol. The van der Waals surface area contributed by atoms with Crippen LogP contribution in [0, 0.1) is 0 Å². The number of hydrogen-bond acceptors (Lipinski definition) is 6. The molecule has 30 heavy (non-hydrogen) atoms. The fourth-order valence-corrected chi connectivity index (χ4v) is 5.35. The Labute approximate surface area is 182 Å². The van der Waals surface area contributed by atoms with Gasteiger partial charge in [0, 0.05) is 43.6 Å². The highest BCUT2D eigenvalue weighted by Crippen LogP contribution is 2.31. The second kappa shape index (κ2) is 9.72. The van der Waals surface area contributed by atoms with E-state index >= 15 is 0 Å². The zero-order valence-corrected chi connectivity index (χ0v) is 19.0. The van der Waals surface area contributed by atoms with Gasteiger partial charge in [-0.15, -0.1) is 0 Å². The van der Waals surface area contributed by atoms with E-state index in [-0.39, 0.29) is 23.9 Å². The number of nitrogens with zero attached hydrogens (tertiary/aromatic N) is 2. The Morgan fingerprint density at radius 3 is 2.33 bits per heavy atom. The average molecular weight is 451 g/mol. The third kappa shape index (κ3) is 4.74. The van der Waals surface area contributed by atoms with E-state index in [4.69, 9.17) is 9.47 Å². The first-order valence-electron chi connectivity index (χ1n) is 9.50. The van der Waals surface area contributed by atoms with Gasteiger partial charge in [-0.1, -0.05) is 12.1 Å². The van der Waals surface area contributed by atoms with Crippen molar-refractivity contribution in [1.82, 2.24) is 9.21 Å². The number of methoxy groups -OCH3 is 2. The van der Waals surface area contributed by atoms with Crippen molar-refractivity contribution in [3.05, 3.63) is 53.6 Å². The van der Waals surface area contributed by atoms with Gasteiger partial charge in [-0.2, -0.15) is 16.1 Å². The Balaban J connectivity index is 1.70. The summed E-state index contributed by atoms with van der Waals surface area (Å²) in [5, 5.41) is 0. The minimum atomic E-state index is -3.69. The maximum atomic E-state index is 13.0. The molecule has 0 saturated carbocycles. The number of amides is 1. The van der Waals surface area contributed by atoms with Crippen LogP contribution in [-0.2, 0) is 15.8 Å². The number of benzene rings is 2. The first-order chi connectivity index (χ1) is 14.4. The summed E-state index contributed by atoms with van der Waals surface area (Å²) in [5.74, 6) is 1.60. The predicted octanol–water partition coefficient (Wildman–Crippen LogP) is 2.71. The van der Waals surface area contributed by atoms with Gasteiger partial charge in [0.05, 0.1) is 19.1 Å². The van der Waals surface area contributed by atoms with E-state index in [1.54, 1.807) is 28.8 Å². The zero-order chi connectivity index (χ0) is 21.7. The number of ether oxygens (including phenoxy) is 2. The van der Waals surface area contributed by atoms with Gasteiger partial charge in [-0.3, -0.25) is 4.79 Å². The Bertz CT molecular complexity index is 1000. The SMILES string of the molecule is COc1ccc(S(=O)(=O)N2CCN(C(=O)c3cccc(CSC)c3)CC2)cc1OC. The molecule has 3 rings (SSSR count). The lowest BCUT2D eigenvalue weighted by Gasteiger charge is -2.34. The fourth-order valence-electron chi connectivity index (χ4n) is 3.40. The van der Waals surface area contributed by atoms with Crippen molar-refractivity contribution in [2.45, 2.75) is 10.6 Å². The summed E-state index contributed by atoms with van der Waals surface area (Å²) in [7, 11) is -0.726. The number of sulfonamides is 1. The molecular formula is C21H26N2O5S2. The summed E-state index contributed by atoms with van der Waals surface area (Å²) in [6.07, 6.45) is 2.02.